The molecule has 0 saturated heterocycles. The highest BCUT2D eigenvalue weighted by Crippen LogP contribution is 2.65. The van der Waals surface area contributed by atoms with Gasteiger partial charge in [-0.25, -0.2) is 0 Å². The van der Waals surface area contributed by atoms with Crippen molar-refractivity contribution in [3.63, 3.8) is 0 Å². The summed E-state index contributed by atoms with van der Waals surface area (Å²) in [6, 6.07) is 2.32. The minimum Gasteiger partial charge on any atom is -0.324 e. The summed E-state index contributed by atoms with van der Waals surface area (Å²) in [5.41, 5.74) is 4.59. The summed E-state index contributed by atoms with van der Waals surface area (Å²) in [5, 5.41) is 9.07. The van der Waals surface area contributed by atoms with Gasteiger partial charge in [0.05, 0.1) is 18.3 Å². The van der Waals surface area contributed by atoms with Crippen LogP contribution in [-0.2, 0) is 8.37 Å². The third kappa shape index (κ3) is 3.90. The molecule has 0 aromatic rings. The Morgan fingerprint density at radius 3 is 2.87 bits per heavy atom. The van der Waals surface area contributed by atoms with E-state index in [1.54, 1.807) is 11.1 Å². The van der Waals surface area contributed by atoms with Gasteiger partial charge in [-0.1, -0.05) is 79.5 Å². The molecule has 0 aliphatic heterocycles. The highest BCUT2D eigenvalue weighted by atomic mass is 32.2. The molecule has 3 nitrogen and oxygen atoms in total. The summed E-state index contributed by atoms with van der Waals surface area (Å²) in [4.78, 5) is 0. The van der Waals surface area contributed by atoms with Gasteiger partial charge in [0.25, 0.3) is 0 Å². The number of nitrogens with zero attached hydrogens (tertiary/aromatic N) is 1. The fourth-order valence-electron chi connectivity index (χ4n) is 7.18. The Hall–Kier alpha value is -0.540. The first kappa shape index (κ1) is 21.0. The van der Waals surface area contributed by atoms with Gasteiger partial charge < -0.3 is 8.37 Å². The van der Waals surface area contributed by atoms with Crippen molar-refractivity contribution in [3.05, 3.63) is 34.9 Å². The number of fused-ring (bicyclic) bond motifs is 5. The van der Waals surface area contributed by atoms with Crippen molar-refractivity contribution in [1.29, 1.82) is 7.93 Å². The lowest BCUT2D eigenvalue weighted by Gasteiger charge is -2.57. The Balaban J connectivity index is 1.62. The van der Waals surface area contributed by atoms with Gasteiger partial charge in [0.2, 0.25) is 14.2 Å². The molecule has 0 bridgehead atoms. The van der Waals surface area contributed by atoms with Gasteiger partial charge in [0.1, 0.15) is 0 Å². The Morgan fingerprint density at radius 1 is 1.29 bits per heavy atom. The van der Waals surface area contributed by atoms with Crippen molar-refractivity contribution in [2.75, 3.05) is 0 Å². The maximum atomic E-state index is 9.07. The molecule has 31 heavy (non-hydrogen) atoms. The van der Waals surface area contributed by atoms with Gasteiger partial charge in [0.15, 0.2) is 0 Å². The quantitative estimate of drug-likeness (QED) is 0.254. The van der Waals surface area contributed by atoms with Crippen molar-refractivity contribution in [1.82, 2.24) is 0 Å². The number of hydrogen-bond acceptors (Lipinski definition) is 5. The van der Waals surface area contributed by atoms with E-state index in [4.69, 9.17) is 16.3 Å². The lowest BCUT2D eigenvalue weighted by atomic mass is 9.49. The second-order valence-electron chi connectivity index (χ2n) is 10.1. The average Bonchev–Trinajstić information content (AvgIpc) is 3.17. The van der Waals surface area contributed by atoms with Crippen LogP contribution in [0.25, 0.3) is 0 Å². The Morgan fingerprint density at radius 2 is 2.10 bits per heavy atom. The van der Waals surface area contributed by atoms with Crippen LogP contribution in [-0.4, -0.2) is 29.1 Å². The molecule has 0 amide bonds. The maximum Gasteiger partial charge on any atom is 0.209 e. The van der Waals surface area contributed by atoms with Crippen molar-refractivity contribution in [2.45, 2.75) is 77.9 Å². The molecule has 0 aromatic heterocycles. The predicted octanol–water partition coefficient (Wildman–Crippen LogP) is 5.65. The molecule has 0 spiro atoms. The zero-order valence-electron chi connectivity index (χ0n) is 20.8. The average molecular weight is 457 g/mol. The molecule has 2 saturated carbocycles. The van der Waals surface area contributed by atoms with E-state index in [9.17, 15) is 0 Å². The van der Waals surface area contributed by atoms with Gasteiger partial charge in [0, 0.05) is 18.3 Å². The first-order valence-electron chi connectivity index (χ1n) is 12.6. The molecule has 7 atom stereocenters. The fourth-order valence-corrected chi connectivity index (χ4v) is 7.90. The van der Waals surface area contributed by atoms with E-state index >= 15 is 0 Å². The second-order valence-corrected chi connectivity index (χ2v) is 10.9. The van der Waals surface area contributed by atoms with E-state index in [1.807, 2.05) is 0 Å². The molecule has 0 N–H and O–H groups in total. The first-order chi connectivity index (χ1) is 15.9. The summed E-state index contributed by atoms with van der Waals surface area (Å²) in [7, 11) is 2.49. The van der Waals surface area contributed by atoms with Gasteiger partial charge >= 0.3 is 0 Å². The van der Waals surface area contributed by atoms with Gasteiger partial charge in [-0.2, -0.15) is 5.26 Å². The minimum atomic E-state index is -0.105. The van der Waals surface area contributed by atoms with Crippen molar-refractivity contribution >= 4 is 38.0 Å². The largest absolute Gasteiger partial charge is 0.324 e. The Kier molecular flexibility index (Phi) is 6.36. The molecule has 0 aromatic carbocycles. The van der Waals surface area contributed by atoms with Crippen LogP contribution in [0.2, 0.25) is 0 Å². The fraction of sp³-hybridized carbons (Fsp3) is 0.708. The van der Waals surface area contributed by atoms with Crippen molar-refractivity contribution in [3.8, 4) is 6.07 Å². The molecule has 164 valence electrons. The van der Waals surface area contributed by atoms with Crippen LogP contribution in [0, 0.1) is 39.9 Å². The van der Waals surface area contributed by atoms with Crippen molar-refractivity contribution in [2.24, 2.45) is 28.6 Å². The zero-order chi connectivity index (χ0) is 23.6. The normalized spacial score (nSPS) is 40.5. The monoisotopic (exact) mass is 457 g/mol. The molecular weight excluding hydrogens is 420 g/mol. The minimum absolute atomic E-state index is 0.0109. The summed E-state index contributed by atoms with van der Waals surface area (Å²) in [6.07, 6.45) is 13.8. The van der Waals surface area contributed by atoms with E-state index < -0.39 is 0 Å². The molecule has 0 heterocycles. The molecule has 7 heteroatoms. The van der Waals surface area contributed by atoms with Crippen LogP contribution >= 0.6 is 23.8 Å². The molecule has 4 aliphatic carbocycles. The number of allylic oxidation sites excluding steroid dienone is 5. The predicted molar refractivity (Wildman–Crippen MR) is 134 cm³/mol. The van der Waals surface area contributed by atoms with Gasteiger partial charge in [-0.15, -0.1) is 0 Å². The van der Waals surface area contributed by atoms with Crippen molar-refractivity contribution < 1.29 is 8.37 Å². The van der Waals surface area contributed by atoms with E-state index in [0.29, 0.717) is 24.2 Å². The Bertz CT molecular complexity index is 879. The molecule has 4 aliphatic rings. The summed E-state index contributed by atoms with van der Waals surface area (Å²) in [5.74, 6) is 1.41. The number of nitriles is 1. The van der Waals surface area contributed by atoms with Crippen LogP contribution in [0.5, 0.6) is 0 Å². The van der Waals surface area contributed by atoms with Crippen LogP contribution < -0.4 is 0 Å². The lowest BCUT2D eigenvalue weighted by molar-refractivity contribution is -0.0153. The standard InChI is InChI=1S/C24H33B2NO2S2/c1-15(5-4-12-27)19-8-9-20-18-7-6-16-13-17(28-30-25)14-22(29-31-26)24(16,3)21(18)10-11-23(19,20)2/h6-8,15,17,20-22,25-26H,4-5,9-11,13-14H2,1-3H3/t15-,17+,20?,21?,22-,23+,24-/m0/s1/i25T,26T. The SMILES string of the molecule is [3H][B]SO[C@@H]1CC2=CC=C3C(CC[C@]4(C)C([C@@H](C)CCC#N)=CCC34)[C@@]2(C)[C@@H](OS[B][3H])C1. The van der Waals surface area contributed by atoms with E-state index in [0.717, 1.165) is 55.9 Å². The highest BCUT2D eigenvalue weighted by molar-refractivity contribution is 8.16. The number of hydrogen-bond donors (Lipinski definition) is 0. The van der Waals surface area contributed by atoms with Gasteiger partial charge in [-0.05, 0) is 57.9 Å². The molecule has 2 radical (unpaired) electrons. The summed E-state index contributed by atoms with van der Waals surface area (Å²) < 4.78 is 26.9. The lowest BCUT2D eigenvalue weighted by Crippen LogP contribution is -2.52. The topological polar surface area (TPSA) is 42.2 Å². The first-order valence-corrected chi connectivity index (χ1v) is 13.0. The summed E-state index contributed by atoms with van der Waals surface area (Å²) in [6.45, 7) is 7.12. The molecule has 2 unspecified atom stereocenters. The van der Waals surface area contributed by atoms with E-state index in [2.05, 4.69) is 45.1 Å². The Labute approximate surface area is 201 Å². The van der Waals surface area contributed by atoms with Crippen LogP contribution in [0.3, 0.4) is 0 Å². The summed E-state index contributed by atoms with van der Waals surface area (Å²) >= 11 is 2.20. The third-order valence-electron chi connectivity index (χ3n) is 8.83. The van der Waals surface area contributed by atoms with Crippen LogP contribution in [0.1, 0.15) is 65.7 Å². The molecular formula is C24H33B2NO2S2. The highest BCUT2D eigenvalue weighted by Gasteiger charge is 2.57. The second kappa shape index (κ2) is 9.37. The zero-order valence-corrected chi connectivity index (χ0v) is 20.4. The molecule has 2 fully saturated rings. The third-order valence-corrected chi connectivity index (χ3v) is 9.56. The molecule has 4 rings (SSSR count). The smallest absolute Gasteiger partial charge is 0.209 e. The number of rotatable bonds is 9. The van der Waals surface area contributed by atoms with Gasteiger partial charge in [-0.3, -0.25) is 0 Å². The van der Waals surface area contributed by atoms with Crippen LogP contribution in [0.15, 0.2) is 34.9 Å². The maximum absolute atomic E-state index is 9.07. The van der Waals surface area contributed by atoms with E-state index in [-0.39, 0.29) is 23.0 Å². The van der Waals surface area contributed by atoms with Crippen LogP contribution in [0.4, 0.5) is 0 Å². The van der Waals surface area contributed by atoms with E-state index in [1.165, 1.54) is 26.2 Å².